The molecule has 0 amide bonds. The Bertz CT molecular complexity index is 671. The van der Waals surface area contributed by atoms with E-state index in [-0.39, 0.29) is 5.41 Å². The Balaban J connectivity index is 2.71. The number of pyridine rings is 1. The molecule has 0 spiro atoms. The van der Waals surface area contributed by atoms with Gasteiger partial charge in [0.2, 0.25) is 0 Å². The highest BCUT2D eigenvalue weighted by molar-refractivity contribution is 9.10. The van der Waals surface area contributed by atoms with Gasteiger partial charge in [-0.05, 0) is 34.5 Å². The van der Waals surface area contributed by atoms with Gasteiger partial charge in [0, 0.05) is 17.3 Å². The maximum absolute atomic E-state index is 5.33. The molecule has 2 aromatic heterocycles. The first-order valence-electron chi connectivity index (χ1n) is 6.03. The number of rotatable bonds is 1. The second-order valence-electron chi connectivity index (χ2n) is 5.50. The minimum atomic E-state index is -0.0488. The zero-order valence-corrected chi connectivity index (χ0v) is 13.8. The number of hydrogen-bond acceptors (Lipinski definition) is 3. The van der Waals surface area contributed by atoms with E-state index in [1.165, 1.54) is 0 Å². The topological polar surface area (TPSA) is 41.6 Å². The van der Waals surface area contributed by atoms with Crippen LogP contribution in [-0.2, 0) is 5.41 Å². The maximum atomic E-state index is 5.33. The summed E-state index contributed by atoms with van der Waals surface area (Å²) >= 11 is 8.86. The monoisotopic (exact) mass is 337 g/mol. The molecule has 100 valence electrons. The number of aromatic amines is 1. The first-order chi connectivity index (χ1) is 8.80. The van der Waals surface area contributed by atoms with Crippen molar-refractivity contribution in [1.29, 1.82) is 0 Å². The number of halogens is 1. The standard InChI is InChI=1S/C14H16BrN3S/c1-8-6-5-7-16-10(8)12-17-11(14(2,3)4)9(15)13(19)18-12/h5-7H,1-4H3,(H,17,18,19). The summed E-state index contributed by atoms with van der Waals surface area (Å²) in [6.07, 6.45) is 1.76. The molecular formula is C14H16BrN3S. The normalized spacial score (nSPS) is 11.6. The Morgan fingerprint density at radius 1 is 1.32 bits per heavy atom. The van der Waals surface area contributed by atoms with Gasteiger partial charge in [-0.2, -0.15) is 0 Å². The summed E-state index contributed by atoms with van der Waals surface area (Å²) < 4.78 is 1.41. The maximum Gasteiger partial charge on any atom is 0.158 e. The van der Waals surface area contributed by atoms with Crippen LogP contribution in [0.15, 0.2) is 22.8 Å². The molecule has 3 nitrogen and oxygen atoms in total. The largest absolute Gasteiger partial charge is 0.340 e. The lowest BCUT2D eigenvalue weighted by Gasteiger charge is -2.21. The van der Waals surface area contributed by atoms with Crippen LogP contribution in [0.4, 0.5) is 0 Å². The van der Waals surface area contributed by atoms with Gasteiger partial charge in [0.1, 0.15) is 10.3 Å². The molecular weight excluding hydrogens is 322 g/mol. The average Bonchev–Trinajstić information content (AvgIpc) is 2.31. The Morgan fingerprint density at radius 2 is 2.00 bits per heavy atom. The van der Waals surface area contributed by atoms with Crippen molar-refractivity contribution in [2.45, 2.75) is 33.1 Å². The highest BCUT2D eigenvalue weighted by atomic mass is 79.9. The molecule has 0 aliphatic carbocycles. The molecule has 2 aromatic rings. The first-order valence-corrected chi connectivity index (χ1v) is 7.23. The minimum absolute atomic E-state index is 0.0488. The molecule has 2 rings (SSSR count). The van der Waals surface area contributed by atoms with E-state index in [9.17, 15) is 0 Å². The molecule has 19 heavy (non-hydrogen) atoms. The third-order valence-electron chi connectivity index (χ3n) is 2.85. The summed E-state index contributed by atoms with van der Waals surface area (Å²) in [6, 6.07) is 3.93. The Kier molecular flexibility index (Phi) is 3.87. The fourth-order valence-corrected chi connectivity index (χ4v) is 2.80. The first kappa shape index (κ1) is 14.3. The lowest BCUT2D eigenvalue weighted by atomic mass is 9.92. The van der Waals surface area contributed by atoms with Crippen LogP contribution in [0.5, 0.6) is 0 Å². The van der Waals surface area contributed by atoms with Gasteiger partial charge < -0.3 is 4.98 Å². The molecule has 2 heterocycles. The number of H-pyrrole nitrogens is 1. The average molecular weight is 338 g/mol. The molecule has 1 N–H and O–H groups in total. The highest BCUT2D eigenvalue weighted by Gasteiger charge is 2.21. The van der Waals surface area contributed by atoms with E-state index in [1.807, 2.05) is 19.1 Å². The third-order valence-corrected chi connectivity index (χ3v) is 4.18. The second-order valence-corrected chi connectivity index (χ2v) is 6.68. The molecule has 0 fully saturated rings. The molecule has 0 aromatic carbocycles. The van der Waals surface area contributed by atoms with Crippen LogP contribution in [0, 0.1) is 11.6 Å². The number of aryl methyl sites for hydroxylation is 1. The number of hydrogen-bond donors (Lipinski definition) is 1. The van der Waals surface area contributed by atoms with Crippen molar-refractivity contribution >= 4 is 28.1 Å². The SMILES string of the molecule is Cc1cccnc1-c1nc(=S)c(Br)c(C(C)(C)C)[nH]1. The van der Waals surface area contributed by atoms with E-state index in [0.717, 1.165) is 27.2 Å². The van der Waals surface area contributed by atoms with Crippen LogP contribution in [-0.4, -0.2) is 15.0 Å². The molecule has 5 heteroatoms. The molecule has 0 aliphatic rings. The fourth-order valence-electron chi connectivity index (χ4n) is 1.82. The number of nitrogens with one attached hydrogen (secondary N) is 1. The lowest BCUT2D eigenvalue weighted by Crippen LogP contribution is -2.16. The molecule has 0 bridgehead atoms. The van der Waals surface area contributed by atoms with Crippen molar-refractivity contribution < 1.29 is 0 Å². The third kappa shape index (κ3) is 2.92. The minimum Gasteiger partial charge on any atom is -0.340 e. The van der Waals surface area contributed by atoms with E-state index in [1.54, 1.807) is 6.20 Å². The van der Waals surface area contributed by atoms with E-state index < -0.39 is 0 Å². The quantitative estimate of drug-likeness (QED) is 0.775. The van der Waals surface area contributed by atoms with Gasteiger partial charge in [-0.25, -0.2) is 4.98 Å². The van der Waals surface area contributed by atoms with Gasteiger partial charge in [-0.3, -0.25) is 4.98 Å². The summed E-state index contributed by atoms with van der Waals surface area (Å²) in [5.74, 6) is 0.719. The second kappa shape index (κ2) is 5.13. The van der Waals surface area contributed by atoms with Crippen molar-refractivity contribution in [2.24, 2.45) is 0 Å². The van der Waals surface area contributed by atoms with Gasteiger partial charge in [-0.15, -0.1) is 0 Å². The zero-order chi connectivity index (χ0) is 14.2. The van der Waals surface area contributed by atoms with Crippen molar-refractivity contribution in [3.05, 3.63) is 38.7 Å². The summed E-state index contributed by atoms with van der Waals surface area (Å²) in [5.41, 5.74) is 2.90. The highest BCUT2D eigenvalue weighted by Crippen LogP contribution is 2.30. The van der Waals surface area contributed by atoms with Gasteiger partial charge in [0.25, 0.3) is 0 Å². The lowest BCUT2D eigenvalue weighted by molar-refractivity contribution is 0.563. The van der Waals surface area contributed by atoms with Crippen LogP contribution >= 0.6 is 28.1 Å². The Hall–Kier alpha value is -1.07. The van der Waals surface area contributed by atoms with Crippen LogP contribution < -0.4 is 0 Å². The van der Waals surface area contributed by atoms with Crippen LogP contribution in [0.2, 0.25) is 0 Å². The van der Waals surface area contributed by atoms with Crippen molar-refractivity contribution in [3.63, 3.8) is 0 Å². The van der Waals surface area contributed by atoms with Crippen LogP contribution in [0.25, 0.3) is 11.5 Å². The zero-order valence-electron chi connectivity index (χ0n) is 11.4. The Morgan fingerprint density at radius 3 is 2.58 bits per heavy atom. The molecule has 0 atom stereocenters. The summed E-state index contributed by atoms with van der Waals surface area (Å²) in [6.45, 7) is 8.41. The molecule has 0 unspecified atom stereocenters. The van der Waals surface area contributed by atoms with E-state index in [4.69, 9.17) is 12.2 Å². The molecule has 0 aliphatic heterocycles. The summed E-state index contributed by atoms with van der Waals surface area (Å²) in [7, 11) is 0. The number of aromatic nitrogens is 3. The molecule has 0 saturated carbocycles. The predicted molar refractivity (Wildman–Crippen MR) is 83.8 cm³/mol. The van der Waals surface area contributed by atoms with Gasteiger partial charge in [-0.1, -0.05) is 39.1 Å². The summed E-state index contributed by atoms with van der Waals surface area (Å²) in [4.78, 5) is 12.2. The van der Waals surface area contributed by atoms with E-state index >= 15 is 0 Å². The van der Waals surface area contributed by atoms with Crippen molar-refractivity contribution in [2.75, 3.05) is 0 Å². The Labute approximate surface area is 126 Å². The van der Waals surface area contributed by atoms with Crippen molar-refractivity contribution in [3.8, 4) is 11.5 Å². The van der Waals surface area contributed by atoms with Crippen molar-refractivity contribution in [1.82, 2.24) is 15.0 Å². The molecule has 0 saturated heterocycles. The van der Waals surface area contributed by atoms with Gasteiger partial charge in [0.05, 0.1) is 4.47 Å². The van der Waals surface area contributed by atoms with Gasteiger partial charge in [0.15, 0.2) is 5.82 Å². The van der Waals surface area contributed by atoms with Crippen LogP contribution in [0.1, 0.15) is 32.0 Å². The van der Waals surface area contributed by atoms with Crippen LogP contribution in [0.3, 0.4) is 0 Å². The number of nitrogens with zero attached hydrogens (tertiary/aromatic N) is 2. The van der Waals surface area contributed by atoms with Gasteiger partial charge >= 0.3 is 0 Å². The predicted octanol–water partition coefficient (Wildman–Crippen LogP) is 4.57. The fraction of sp³-hybridized carbons (Fsp3) is 0.357. The smallest absolute Gasteiger partial charge is 0.158 e. The van der Waals surface area contributed by atoms with E-state index in [2.05, 4.69) is 51.7 Å². The van der Waals surface area contributed by atoms with E-state index in [0.29, 0.717) is 4.64 Å². The summed E-state index contributed by atoms with van der Waals surface area (Å²) in [5, 5.41) is 0. The molecule has 0 radical (unpaired) electrons.